The molecule has 4 fully saturated rings. The normalized spacial score (nSPS) is 47.9. The number of hydrogen-bond donors (Lipinski definition) is 1. The van der Waals surface area contributed by atoms with Crippen molar-refractivity contribution in [3.05, 3.63) is 0 Å². The van der Waals surface area contributed by atoms with E-state index in [0.29, 0.717) is 12.0 Å². The lowest BCUT2D eigenvalue weighted by Crippen LogP contribution is -2.54. The molecular formula is C15H21N3O. The topological polar surface area (TPSA) is 70.1 Å². The van der Waals surface area contributed by atoms with Gasteiger partial charge in [-0.15, -0.1) is 0 Å². The number of likely N-dealkylation sites (tertiary alicyclic amines) is 1. The highest BCUT2D eigenvalue weighted by Gasteiger charge is 2.58. The van der Waals surface area contributed by atoms with Gasteiger partial charge in [0.1, 0.15) is 6.04 Å². The molecule has 4 nitrogen and oxygen atoms in total. The zero-order valence-corrected chi connectivity index (χ0v) is 11.2. The molecule has 1 amide bonds. The van der Waals surface area contributed by atoms with Crippen LogP contribution < -0.4 is 5.73 Å². The van der Waals surface area contributed by atoms with Gasteiger partial charge in [-0.3, -0.25) is 4.79 Å². The molecule has 0 spiro atoms. The zero-order chi connectivity index (χ0) is 13.2. The van der Waals surface area contributed by atoms with E-state index in [0.717, 1.165) is 38.0 Å². The van der Waals surface area contributed by atoms with Crippen molar-refractivity contribution < 1.29 is 4.79 Å². The fourth-order valence-corrected chi connectivity index (χ4v) is 4.99. The molecule has 0 unspecified atom stereocenters. The van der Waals surface area contributed by atoms with E-state index in [9.17, 15) is 10.1 Å². The molecule has 1 heterocycles. The molecule has 0 aromatic heterocycles. The summed E-state index contributed by atoms with van der Waals surface area (Å²) >= 11 is 0. The number of piperidine rings is 1. The van der Waals surface area contributed by atoms with Crippen molar-refractivity contribution in [2.24, 2.45) is 23.0 Å². The lowest BCUT2D eigenvalue weighted by Gasteiger charge is -2.36. The van der Waals surface area contributed by atoms with Crippen LogP contribution in [0.25, 0.3) is 0 Å². The van der Waals surface area contributed by atoms with Gasteiger partial charge in [0, 0.05) is 6.04 Å². The summed E-state index contributed by atoms with van der Waals surface area (Å²) < 4.78 is 0. The third kappa shape index (κ3) is 1.51. The third-order valence-electron chi connectivity index (χ3n) is 6.23. The molecule has 4 aliphatic rings. The molecule has 3 saturated carbocycles. The molecule has 2 N–H and O–H groups in total. The van der Waals surface area contributed by atoms with Crippen molar-refractivity contribution in [1.82, 2.24) is 4.90 Å². The van der Waals surface area contributed by atoms with Crippen LogP contribution in [0.3, 0.4) is 0 Å². The van der Waals surface area contributed by atoms with Gasteiger partial charge in [-0.2, -0.15) is 5.26 Å². The molecule has 0 aromatic carbocycles. The van der Waals surface area contributed by atoms with Crippen molar-refractivity contribution in [3.8, 4) is 6.07 Å². The molecule has 0 aromatic rings. The molecule has 4 heteroatoms. The fourth-order valence-electron chi connectivity index (χ4n) is 4.99. The lowest BCUT2D eigenvalue weighted by atomic mass is 9.77. The average Bonchev–Trinajstić information content (AvgIpc) is 2.86. The maximum absolute atomic E-state index is 12.8. The largest absolute Gasteiger partial charge is 0.322 e. The van der Waals surface area contributed by atoms with Gasteiger partial charge in [-0.25, -0.2) is 0 Å². The number of amides is 1. The molecule has 3 aliphatic carbocycles. The smallest absolute Gasteiger partial charge is 0.241 e. The predicted molar refractivity (Wildman–Crippen MR) is 69.7 cm³/mol. The van der Waals surface area contributed by atoms with Gasteiger partial charge in [0.25, 0.3) is 0 Å². The minimum Gasteiger partial charge on any atom is -0.322 e. The van der Waals surface area contributed by atoms with Crippen LogP contribution >= 0.6 is 0 Å². The van der Waals surface area contributed by atoms with Crippen molar-refractivity contribution in [1.29, 1.82) is 5.26 Å². The Balaban J connectivity index is 1.55. The van der Waals surface area contributed by atoms with Gasteiger partial charge in [0.15, 0.2) is 0 Å². The van der Waals surface area contributed by atoms with E-state index in [1.165, 1.54) is 12.8 Å². The first-order chi connectivity index (χ1) is 9.14. The summed E-state index contributed by atoms with van der Waals surface area (Å²) in [5, 5.41) is 9.22. The Morgan fingerprint density at radius 3 is 2.68 bits per heavy atom. The molecule has 0 radical (unpaired) electrons. The van der Waals surface area contributed by atoms with E-state index >= 15 is 0 Å². The summed E-state index contributed by atoms with van der Waals surface area (Å²) in [6.45, 7) is 0. The van der Waals surface area contributed by atoms with Crippen LogP contribution in [0.1, 0.15) is 44.9 Å². The Hall–Kier alpha value is -1.08. The molecule has 4 atom stereocenters. The van der Waals surface area contributed by atoms with E-state index in [4.69, 9.17) is 5.73 Å². The standard InChI is InChI=1S/C15H21N3O/c16-8-11-5-10-6-12(10)18(11)14(19)13(17)15-3-1-9(7-15)2-4-15/h9-13H,1-7,17H2/t9?,10-,11+,12+,13-,15?/m1/s1. The van der Waals surface area contributed by atoms with Crippen LogP contribution in [0, 0.1) is 28.6 Å². The molecular weight excluding hydrogens is 238 g/mol. The van der Waals surface area contributed by atoms with Gasteiger partial charge in [0.2, 0.25) is 5.91 Å². The van der Waals surface area contributed by atoms with Crippen LogP contribution in [0.4, 0.5) is 0 Å². The van der Waals surface area contributed by atoms with Crippen LogP contribution in [0.2, 0.25) is 0 Å². The zero-order valence-electron chi connectivity index (χ0n) is 11.2. The van der Waals surface area contributed by atoms with Crippen LogP contribution in [0.15, 0.2) is 0 Å². The monoisotopic (exact) mass is 259 g/mol. The number of nitrogens with two attached hydrogens (primary N) is 1. The fraction of sp³-hybridized carbons (Fsp3) is 0.867. The first kappa shape index (κ1) is 11.7. The number of rotatable bonds is 2. The SMILES string of the molecule is N#C[C@@H]1C[C@@H]2C[C@@H]2N1C(=O)[C@@H](N)C12CCC(CC1)C2. The Bertz CT molecular complexity index is 461. The summed E-state index contributed by atoms with van der Waals surface area (Å²) in [5.74, 6) is 1.45. The first-order valence-corrected chi connectivity index (χ1v) is 7.62. The van der Waals surface area contributed by atoms with E-state index in [1.807, 2.05) is 4.90 Å². The second-order valence-electron chi connectivity index (χ2n) is 7.18. The highest BCUT2D eigenvalue weighted by molar-refractivity contribution is 5.84. The quantitative estimate of drug-likeness (QED) is 0.815. The number of nitrogens with zero attached hydrogens (tertiary/aromatic N) is 2. The summed E-state index contributed by atoms with van der Waals surface area (Å²) in [6, 6.07) is 2.05. The summed E-state index contributed by atoms with van der Waals surface area (Å²) in [4.78, 5) is 14.6. The van der Waals surface area contributed by atoms with Crippen molar-refractivity contribution >= 4 is 5.91 Å². The third-order valence-corrected chi connectivity index (χ3v) is 6.23. The van der Waals surface area contributed by atoms with E-state index in [-0.39, 0.29) is 23.4 Å². The van der Waals surface area contributed by atoms with Crippen molar-refractivity contribution in [3.63, 3.8) is 0 Å². The number of carbonyl (C=O) groups is 1. The number of carbonyl (C=O) groups excluding carboxylic acids is 1. The van der Waals surface area contributed by atoms with Gasteiger partial charge in [0.05, 0.1) is 12.1 Å². The van der Waals surface area contributed by atoms with Crippen LogP contribution in [0.5, 0.6) is 0 Å². The molecule has 19 heavy (non-hydrogen) atoms. The van der Waals surface area contributed by atoms with Gasteiger partial charge >= 0.3 is 0 Å². The summed E-state index contributed by atoms with van der Waals surface area (Å²) in [6.07, 6.45) is 7.82. The highest BCUT2D eigenvalue weighted by atomic mass is 16.2. The molecule has 2 bridgehead atoms. The minimum atomic E-state index is -0.366. The van der Waals surface area contributed by atoms with Crippen LogP contribution in [-0.4, -0.2) is 28.9 Å². The molecule has 1 saturated heterocycles. The second kappa shape index (κ2) is 3.73. The Labute approximate surface area is 113 Å². The Morgan fingerprint density at radius 1 is 1.37 bits per heavy atom. The number of fused-ring (bicyclic) bond motifs is 3. The summed E-state index contributed by atoms with van der Waals surface area (Å²) in [7, 11) is 0. The Morgan fingerprint density at radius 2 is 2.11 bits per heavy atom. The van der Waals surface area contributed by atoms with Crippen LogP contribution in [-0.2, 0) is 4.79 Å². The molecule has 4 rings (SSSR count). The maximum Gasteiger partial charge on any atom is 0.241 e. The highest BCUT2D eigenvalue weighted by Crippen LogP contribution is 2.56. The number of nitriles is 1. The first-order valence-electron chi connectivity index (χ1n) is 7.62. The second-order valence-corrected chi connectivity index (χ2v) is 7.18. The van der Waals surface area contributed by atoms with E-state index < -0.39 is 0 Å². The van der Waals surface area contributed by atoms with Gasteiger partial charge in [-0.05, 0) is 62.2 Å². The van der Waals surface area contributed by atoms with E-state index in [2.05, 4.69) is 6.07 Å². The maximum atomic E-state index is 12.8. The van der Waals surface area contributed by atoms with Crippen molar-refractivity contribution in [2.75, 3.05) is 0 Å². The van der Waals surface area contributed by atoms with Gasteiger partial charge in [-0.1, -0.05) is 0 Å². The molecule has 1 aliphatic heterocycles. The predicted octanol–water partition coefficient (Wildman–Crippen LogP) is 1.41. The number of hydrogen-bond acceptors (Lipinski definition) is 3. The minimum absolute atomic E-state index is 0.0642. The average molecular weight is 259 g/mol. The summed E-state index contributed by atoms with van der Waals surface area (Å²) in [5.41, 5.74) is 6.44. The Kier molecular flexibility index (Phi) is 2.30. The van der Waals surface area contributed by atoms with E-state index in [1.54, 1.807) is 0 Å². The van der Waals surface area contributed by atoms with Crippen molar-refractivity contribution in [2.45, 2.75) is 63.1 Å². The van der Waals surface area contributed by atoms with Gasteiger partial charge < -0.3 is 10.6 Å². The molecule has 102 valence electrons. The lowest BCUT2D eigenvalue weighted by molar-refractivity contribution is -0.136.